The highest BCUT2D eigenvalue weighted by molar-refractivity contribution is 5.90. The number of esters is 1. The van der Waals surface area contributed by atoms with E-state index >= 15 is 0 Å². The van der Waals surface area contributed by atoms with Crippen LogP contribution in [-0.2, 0) is 4.74 Å². The molecule has 2 heteroatoms. The average Bonchev–Trinajstić information content (AvgIpc) is 3.26. The van der Waals surface area contributed by atoms with Gasteiger partial charge in [0, 0.05) is 0 Å². The van der Waals surface area contributed by atoms with Crippen LogP contribution in [0.15, 0.2) is 36.4 Å². The third-order valence-corrected chi connectivity index (χ3v) is 6.55. The predicted octanol–water partition coefficient (Wildman–Crippen LogP) is 5.64. The molecule has 0 heterocycles. The average molecular weight is 324 g/mol. The monoisotopic (exact) mass is 324 g/mol. The molecule has 1 aromatic carbocycles. The molecule has 128 valence electrons. The van der Waals surface area contributed by atoms with Gasteiger partial charge in [-0.1, -0.05) is 37.6 Å². The van der Waals surface area contributed by atoms with Crippen LogP contribution < -0.4 is 0 Å². The molecule has 3 aliphatic rings. The van der Waals surface area contributed by atoms with Crippen molar-refractivity contribution in [3.8, 4) is 0 Å². The van der Waals surface area contributed by atoms with Crippen molar-refractivity contribution >= 4 is 5.97 Å². The molecule has 2 nitrogen and oxygen atoms in total. The van der Waals surface area contributed by atoms with Gasteiger partial charge in [0.05, 0.1) is 5.56 Å². The van der Waals surface area contributed by atoms with Crippen molar-refractivity contribution in [1.82, 2.24) is 0 Å². The van der Waals surface area contributed by atoms with Crippen LogP contribution in [0.3, 0.4) is 0 Å². The molecule has 3 unspecified atom stereocenters. The van der Waals surface area contributed by atoms with E-state index in [1.165, 1.54) is 37.7 Å². The van der Waals surface area contributed by atoms with E-state index in [4.69, 9.17) is 4.74 Å². The summed E-state index contributed by atoms with van der Waals surface area (Å²) >= 11 is 0. The van der Waals surface area contributed by atoms with E-state index in [0.29, 0.717) is 11.8 Å². The highest BCUT2D eigenvalue weighted by atomic mass is 16.6. The molecule has 1 aromatic rings. The zero-order chi connectivity index (χ0) is 16.6. The van der Waals surface area contributed by atoms with Crippen molar-refractivity contribution in [2.75, 3.05) is 0 Å². The van der Waals surface area contributed by atoms with Gasteiger partial charge >= 0.3 is 5.97 Å². The molecule has 0 spiro atoms. The van der Waals surface area contributed by atoms with Crippen LogP contribution in [0.25, 0.3) is 0 Å². The maximum atomic E-state index is 12.8. The Balaban J connectivity index is 1.50. The summed E-state index contributed by atoms with van der Waals surface area (Å²) < 4.78 is 6.04. The van der Waals surface area contributed by atoms with Crippen LogP contribution in [0, 0.1) is 11.8 Å². The van der Waals surface area contributed by atoms with Crippen LogP contribution in [0.5, 0.6) is 0 Å². The second-order valence-electron chi connectivity index (χ2n) is 8.00. The van der Waals surface area contributed by atoms with Crippen molar-refractivity contribution in [2.45, 2.75) is 69.8 Å². The smallest absolute Gasteiger partial charge is 0.338 e. The number of benzene rings is 1. The molecular weight excluding hydrogens is 296 g/mol. The van der Waals surface area contributed by atoms with E-state index in [1.54, 1.807) is 0 Å². The standard InChI is InChI=1S/C22H28O2/c1-2-22(11-4-3-5-12-22)24-21(23)19-8-6-7-17(15-19)20-14-16-9-10-18(20)13-16/h6-10,15-16,18,20H,2-5,11-14H2,1H3. The molecule has 24 heavy (non-hydrogen) atoms. The summed E-state index contributed by atoms with van der Waals surface area (Å²) in [6, 6.07) is 8.22. The second kappa shape index (κ2) is 6.38. The van der Waals surface area contributed by atoms with Crippen molar-refractivity contribution in [3.63, 3.8) is 0 Å². The highest BCUT2D eigenvalue weighted by Crippen LogP contribution is 2.48. The summed E-state index contributed by atoms with van der Waals surface area (Å²) in [5.74, 6) is 1.88. The van der Waals surface area contributed by atoms with Gasteiger partial charge in [0.15, 0.2) is 0 Å². The maximum Gasteiger partial charge on any atom is 0.338 e. The summed E-state index contributed by atoms with van der Waals surface area (Å²) in [6.45, 7) is 2.15. The Morgan fingerprint density at radius 1 is 1.17 bits per heavy atom. The quantitative estimate of drug-likeness (QED) is 0.529. The Kier molecular flexibility index (Phi) is 4.24. The zero-order valence-electron chi connectivity index (χ0n) is 14.7. The fourth-order valence-electron chi connectivity index (χ4n) is 5.04. The third kappa shape index (κ3) is 2.92. The third-order valence-electron chi connectivity index (χ3n) is 6.55. The minimum Gasteiger partial charge on any atom is -0.455 e. The lowest BCUT2D eigenvalue weighted by Gasteiger charge is -2.36. The number of carbonyl (C=O) groups is 1. The Morgan fingerprint density at radius 3 is 2.67 bits per heavy atom. The summed E-state index contributed by atoms with van der Waals surface area (Å²) in [4.78, 5) is 12.8. The molecule has 3 aliphatic carbocycles. The largest absolute Gasteiger partial charge is 0.455 e. The molecule has 2 saturated carbocycles. The van der Waals surface area contributed by atoms with Gasteiger partial charge in [-0.2, -0.15) is 0 Å². The van der Waals surface area contributed by atoms with Crippen molar-refractivity contribution < 1.29 is 9.53 Å². The molecule has 2 bridgehead atoms. The van der Waals surface area contributed by atoms with E-state index < -0.39 is 0 Å². The van der Waals surface area contributed by atoms with Crippen LogP contribution >= 0.6 is 0 Å². The lowest BCUT2D eigenvalue weighted by Crippen LogP contribution is -2.36. The minimum atomic E-state index is -0.222. The lowest BCUT2D eigenvalue weighted by atomic mass is 9.82. The Bertz CT molecular complexity index is 639. The van der Waals surface area contributed by atoms with Crippen molar-refractivity contribution in [1.29, 1.82) is 0 Å². The van der Waals surface area contributed by atoms with Gasteiger partial charge in [-0.15, -0.1) is 0 Å². The van der Waals surface area contributed by atoms with E-state index in [-0.39, 0.29) is 11.6 Å². The van der Waals surface area contributed by atoms with Gasteiger partial charge < -0.3 is 4.74 Å². The molecule has 0 saturated heterocycles. The second-order valence-corrected chi connectivity index (χ2v) is 8.00. The molecule has 4 rings (SSSR count). The van der Waals surface area contributed by atoms with Gasteiger partial charge in [-0.3, -0.25) is 0 Å². The molecular formula is C22H28O2. The summed E-state index contributed by atoms with van der Waals surface area (Å²) in [5, 5.41) is 0. The highest BCUT2D eigenvalue weighted by Gasteiger charge is 2.37. The molecule has 0 radical (unpaired) electrons. The lowest BCUT2D eigenvalue weighted by molar-refractivity contribution is -0.0397. The Hall–Kier alpha value is -1.57. The number of rotatable bonds is 4. The van der Waals surface area contributed by atoms with Crippen LogP contribution in [0.2, 0.25) is 0 Å². The molecule has 0 N–H and O–H groups in total. The fraction of sp³-hybridized carbons (Fsp3) is 0.591. The number of ether oxygens (including phenoxy) is 1. The van der Waals surface area contributed by atoms with Gasteiger partial charge in [0.2, 0.25) is 0 Å². The first-order valence-corrected chi connectivity index (χ1v) is 9.71. The normalized spacial score (nSPS) is 30.5. The topological polar surface area (TPSA) is 26.3 Å². The van der Waals surface area contributed by atoms with E-state index in [9.17, 15) is 4.79 Å². The fourth-order valence-corrected chi connectivity index (χ4v) is 5.04. The number of allylic oxidation sites excluding steroid dienone is 2. The first-order chi connectivity index (χ1) is 11.7. The summed E-state index contributed by atoms with van der Waals surface area (Å²) in [7, 11) is 0. The number of hydrogen-bond donors (Lipinski definition) is 0. The van der Waals surface area contributed by atoms with Crippen LogP contribution in [0.1, 0.15) is 80.1 Å². The van der Waals surface area contributed by atoms with Crippen molar-refractivity contribution in [2.24, 2.45) is 11.8 Å². The van der Waals surface area contributed by atoms with Crippen LogP contribution in [-0.4, -0.2) is 11.6 Å². The van der Waals surface area contributed by atoms with Crippen molar-refractivity contribution in [3.05, 3.63) is 47.5 Å². The SMILES string of the molecule is CCC1(OC(=O)c2cccc(C3CC4C=CC3C4)c2)CCCCC1. The first-order valence-electron chi connectivity index (χ1n) is 9.71. The molecule has 0 amide bonds. The molecule has 0 aliphatic heterocycles. The van der Waals surface area contributed by atoms with Gasteiger partial charge in [0.1, 0.15) is 5.60 Å². The number of fused-ring (bicyclic) bond motifs is 2. The Morgan fingerprint density at radius 2 is 2.00 bits per heavy atom. The maximum absolute atomic E-state index is 12.8. The van der Waals surface area contributed by atoms with Gasteiger partial charge in [0.25, 0.3) is 0 Å². The molecule has 0 aromatic heterocycles. The van der Waals surface area contributed by atoms with E-state index in [0.717, 1.165) is 30.7 Å². The first kappa shape index (κ1) is 15.9. The molecule has 3 atom stereocenters. The van der Waals surface area contributed by atoms with Gasteiger partial charge in [-0.25, -0.2) is 4.79 Å². The van der Waals surface area contributed by atoms with Crippen LogP contribution in [0.4, 0.5) is 0 Å². The number of hydrogen-bond acceptors (Lipinski definition) is 2. The molecule has 2 fully saturated rings. The van der Waals surface area contributed by atoms with E-state index in [2.05, 4.69) is 31.2 Å². The minimum absolute atomic E-state index is 0.126. The predicted molar refractivity (Wildman–Crippen MR) is 96.1 cm³/mol. The summed E-state index contributed by atoms with van der Waals surface area (Å²) in [5.41, 5.74) is 1.83. The number of carbonyl (C=O) groups excluding carboxylic acids is 1. The summed E-state index contributed by atoms with van der Waals surface area (Å²) in [6.07, 6.45) is 13.9. The zero-order valence-corrected chi connectivity index (χ0v) is 14.7. The van der Waals surface area contributed by atoms with Gasteiger partial charge in [-0.05, 0) is 80.4 Å². The Labute approximate surface area is 145 Å². The van der Waals surface area contributed by atoms with E-state index in [1.807, 2.05) is 12.1 Å².